The van der Waals surface area contributed by atoms with E-state index in [2.05, 4.69) is 25.1 Å². The van der Waals surface area contributed by atoms with Gasteiger partial charge in [-0.05, 0) is 0 Å². The molecule has 2 aromatic rings. The molecule has 0 saturated carbocycles. The van der Waals surface area contributed by atoms with Gasteiger partial charge in [0.05, 0.1) is 6.20 Å². The first-order valence-electron chi connectivity index (χ1n) is 5.51. The monoisotopic (exact) mass is 300 g/mol. The van der Waals surface area contributed by atoms with Crippen LogP contribution in [0.4, 0.5) is 0 Å². The van der Waals surface area contributed by atoms with Crippen LogP contribution in [-0.2, 0) is 23.5 Å². The van der Waals surface area contributed by atoms with E-state index in [1.54, 1.807) is 11.6 Å². The molecule has 11 heteroatoms. The maximum absolute atomic E-state index is 11.9. The van der Waals surface area contributed by atoms with Crippen LogP contribution in [-0.4, -0.2) is 51.0 Å². The van der Waals surface area contributed by atoms with Crippen LogP contribution in [0.2, 0.25) is 0 Å². The molecule has 2 aromatic heterocycles. The molecule has 0 aromatic carbocycles. The highest BCUT2D eigenvalue weighted by Crippen LogP contribution is 2.11. The zero-order chi connectivity index (χ0) is 14.8. The average Bonchev–Trinajstić information content (AvgIpc) is 2.98. The van der Waals surface area contributed by atoms with Gasteiger partial charge < -0.3 is 9.67 Å². The molecule has 20 heavy (non-hydrogen) atoms. The molecular weight excluding hydrogens is 288 g/mol. The van der Waals surface area contributed by atoms with E-state index in [-0.39, 0.29) is 6.54 Å². The Balaban J connectivity index is 2.06. The molecule has 10 nitrogen and oxygen atoms in total. The van der Waals surface area contributed by atoms with Crippen molar-refractivity contribution < 1.29 is 18.3 Å². The maximum Gasteiger partial charge on any atom is 0.340 e. The van der Waals surface area contributed by atoms with E-state index in [9.17, 15) is 13.2 Å². The highest BCUT2D eigenvalue weighted by atomic mass is 32.2. The van der Waals surface area contributed by atoms with E-state index in [0.29, 0.717) is 12.2 Å². The van der Waals surface area contributed by atoms with Crippen LogP contribution in [0.3, 0.4) is 0 Å². The second-order valence-corrected chi connectivity index (χ2v) is 5.63. The summed E-state index contributed by atoms with van der Waals surface area (Å²) in [7, 11) is -2.23. The number of sulfonamides is 1. The molecule has 0 amide bonds. The normalized spacial score (nSPS) is 11.7. The summed E-state index contributed by atoms with van der Waals surface area (Å²) < 4.78 is 27.8. The van der Waals surface area contributed by atoms with Crippen molar-refractivity contribution in [1.82, 2.24) is 29.7 Å². The summed E-state index contributed by atoms with van der Waals surface area (Å²) in [4.78, 5) is 10.9. The Kier molecular flexibility index (Phi) is 3.81. The van der Waals surface area contributed by atoms with Crippen molar-refractivity contribution in [2.24, 2.45) is 7.05 Å². The van der Waals surface area contributed by atoms with Crippen molar-refractivity contribution in [1.29, 1.82) is 0 Å². The first-order valence-corrected chi connectivity index (χ1v) is 6.99. The predicted octanol–water partition coefficient (Wildman–Crippen LogP) is -1.24. The molecule has 0 bridgehead atoms. The summed E-state index contributed by atoms with van der Waals surface area (Å²) >= 11 is 0. The fraction of sp³-hybridized carbons (Fsp3) is 0.333. The zero-order valence-corrected chi connectivity index (χ0v) is 11.3. The van der Waals surface area contributed by atoms with Gasteiger partial charge in [-0.25, -0.2) is 17.9 Å². The van der Waals surface area contributed by atoms with Crippen molar-refractivity contribution in [2.45, 2.75) is 11.4 Å². The third kappa shape index (κ3) is 2.83. The Hall–Kier alpha value is -2.27. The number of nitrogens with zero attached hydrogens (tertiary/aromatic N) is 4. The van der Waals surface area contributed by atoms with Gasteiger partial charge in [-0.3, -0.25) is 5.10 Å². The Labute approximate surface area is 113 Å². The Morgan fingerprint density at radius 2 is 2.30 bits per heavy atom. The van der Waals surface area contributed by atoms with Crippen LogP contribution in [0.25, 0.3) is 0 Å². The molecule has 3 N–H and O–H groups in total. The molecule has 2 rings (SSSR count). The predicted molar refractivity (Wildman–Crippen MR) is 65.4 cm³/mol. The molecule has 0 fully saturated rings. The molecule has 0 radical (unpaired) electrons. The van der Waals surface area contributed by atoms with Gasteiger partial charge in [-0.1, -0.05) is 0 Å². The highest BCUT2D eigenvalue weighted by molar-refractivity contribution is 7.89. The van der Waals surface area contributed by atoms with Gasteiger partial charge in [0.25, 0.3) is 10.0 Å². The third-order valence-electron chi connectivity index (χ3n) is 2.55. The Morgan fingerprint density at radius 3 is 2.90 bits per heavy atom. The molecule has 108 valence electrons. The molecule has 0 aliphatic rings. The van der Waals surface area contributed by atoms with Crippen molar-refractivity contribution in [3.63, 3.8) is 0 Å². The van der Waals surface area contributed by atoms with Crippen molar-refractivity contribution in [3.8, 4) is 0 Å². The number of rotatable bonds is 6. The molecule has 0 saturated heterocycles. The highest BCUT2D eigenvalue weighted by Gasteiger charge is 2.24. The van der Waals surface area contributed by atoms with Gasteiger partial charge in [0.2, 0.25) is 0 Å². The summed E-state index contributed by atoms with van der Waals surface area (Å²) in [6.07, 6.45) is 2.77. The summed E-state index contributed by atoms with van der Waals surface area (Å²) in [6, 6.07) is 0. The molecule has 0 aliphatic heterocycles. The number of aryl methyl sites for hydroxylation is 1. The van der Waals surface area contributed by atoms with E-state index < -0.39 is 26.6 Å². The van der Waals surface area contributed by atoms with Crippen molar-refractivity contribution in [2.75, 3.05) is 6.54 Å². The molecule has 0 spiro atoms. The number of hydrogen-bond donors (Lipinski definition) is 3. The first kappa shape index (κ1) is 14.1. The quantitative estimate of drug-likeness (QED) is 0.605. The van der Waals surface area contributed by atoms with E-state index in [4.69, 9.17) is 5.11 Å². The fourth-order valence-electron chi connectivity index (χ4n) is 1.53. The summed E-state index contributed by atoms with van der Waals surface area (Å²) in [5, 5.41) is 21.5. The van der Waals surface area contributed by atoms with Crippen LogP contribution in [0.5, 0.6) is 0 Å². The van der Waals surface area contributed by atoms with Crippen LogP contribution in [0, 0.1) is 0 Å². The minimum Gasteiger partial charge on any atom is -0.478 e. The molecule has 2 heterocycles. The second kappa shape index (κ2) is 5.38. The number of aromatic carboxylic acids is 1. The van der Waals surface area contributed by atoms with Gasteiger partial charge in [0.1, 0.15) is 17.7 Å². The smallest absolute Gasteiger partial charge is 0.340 e. The number of carbonyl (C=O) groups is 1. The number of H-pyrrole nitrogens is 1. The number of nitrogens with one attached hydrogen (secondary N) is 2. The number of hydrogen-bond acceptors (Lipinski definition) is 6. The van der Waals surface area contributed by atoms with Crippen molar-refractivity contribution >= 4 is 16.0 Å². The Bertz CT molecular complexity index is 718. The first-order chi connectivity index (χ1) is 9.42. The van der Waals surface area contributed by atoms with E-state index >= 15 is 0 Å². The summed E-state index contributed by atoms with van der Waals surface area (Å²) in [5.74, 6) is -0.761. The number of aromatic nitrogens is 5. The molecule has 0 atom stereocenters. The number of carboxylic acid groups (broad SMARTS) is 1. The maximum atomic E-state index is 11.9. The largest absolute Gasteiger partial charge is 0.478 e. The third-order valence-corrected chi connectivity index (χ3v) is 3.98. The lowest BCUT2D eigenvalue weighted by atomic mass is 10.4. The summed E-state index contributed by atoms with van der Waals surface area (Å²) in [5.41, 5.74) is -0.406. The van der Waals surface area contributed by atoms with Gasteiger partial charge in [-0.15, -0.1) is 10.2 Å². The SMILES string of the molecule is Cn1cnnc1CCNS(=O)(=O)c1[nH]ncc1C(=O)O. The van der Waals surface area contributed by atoms with Crippen molar-refractivity contribution in [3.05, 3.63) is 23.9 Å². The Morgan fingerprint density at radius 1 is 1.55 bits per heavy atom. The van der Waals surface area contributed by atoms with Crippen LogP contribution < -0.4 is 4.72 Å². The van der Waals surface area contributed by atoms with E-state index in [1.165, 1.54) is 6.33 Å². The van der Waals surface area contributed by atoms with E-state index in [1.807, 2.05) is 0 Å². The lowest BCUT2D eigenvalue weighted by Crippen LogP contribution is -2.28. The lowest BCUT2D eigenvalue weighted by molar-refractivity contribution is 0.0692. The lowest BCUT2D eigenvalue weighted by Gasteiger charge is -2.05. The summed E-state index contributed by atoms with van der Waals surface area (Å²) in [6.45, 7) is 0.0624. The van der Waals surface area contributed by atoms with E-state index in [0.717, 1.165) is 6.20 Å². The average molecular weight is 300 g/mol. The van der Waals surface area contributed by atoms with Crippen LogP contribution in [0.1, 0.15) is 16.2 Å². The van der Waals surface area contributed by atoms with Gasteiger partial charge in [0, 0.05) is 20.0 Å². The van der Waals surface area contributed by atoms with Gasteiger partial charge in [-0.2, -0.15) is 5.10 Å². The molecular formula is C9H12N6O4S. The zero-order valence-electron chi connectivity index (χ0n) is 10.4. The number of carboxylic acids is 1. The minimum absolute atomic E-state index is 0.0624. The second-order valence-electron chi connectivity index (χ2n) is 3.92. The standard InChI is InChI=1S/C9H12N6O4S/c1-15-5-11-13-7(15)2-3-12-20(18,19)8-6(9(16)17)4-10-14-8/h4-5,12H,2-3H2,1H3,(H,10,14)(H,16,17). The van der Waals surface area contributed by atoms with Crippen LogP contribution >= 0.6 is 0 Å². The minimum atomic E-state index is -3.97. The number of aromatic amines is 1. The topological polar surface area (TPSA) is 143 Å². The van der Waals surface area contributed by atoms with Gasteiger partial charge in [0.15, 0.2) is 5.03 Å². The van der Waals surface area contributed by atoms with Gasteiger partial charge >= 0.3 is 5.97 Å². The van der Waals surface area contributed by atoms with Crippen LogP contribution in [0.15, 0.2) is 17.6 Å². The molecule has 0 aliphatic carbocycles. The molecule has 0 unspecified atom stereocenters. The fourth-order valence-corrected chi connectivity index (χ4v) is 2.65.